The number of benzene rings is 1. The molecule has 0 atom stereocenters. The lowest BCUT2D eigenvalue weighted by atomic mass is 10.2. The molecule has 28 heavy (non-hydrogen) atoms. The van der Waals surface area contributed by atoms with Crippen LogP contribution in [-0.4, -0.2) is 41.0 Å². The van der Waals surface area contributed by atoms with Gasteiger partial charge in [0.1, 0.15) is 13.2 Å². The Balaban J connectivity index is 1.44. The Morgan fingerprint density at radius 1 is 1.14 bits per heavy atom. The Bertz CT molecular complexity index is 829. The number of amides is 2. The molecule has 1 aromatic heterocycles. The average Bonchev–Trinajstić information content (AvgIpc) is 3.53. The van der Waals surface area contributed by atoms with Crippen LogP contribution in [0.5, 0.6) is 0 Å². The first-order valence-electron chi connectivity index (χ1n) is 8.99. The molecule has 6 nitrogen and oxygen atoms in total. The van der Waals surface area contributed by atoms with Crippen molar-refractivity contribution >= 4 is 35.0 Å². The maximum Gasteiger partial charge on any atom is 0.249 e. The summed E-state index contributed by atoms with van der Waals surface area (Å²) in [5, 5.41) is 3.68. The van der Waals surface area contributed by atoms with Gasteiger partial charge in [-0.25, -0.2) is 0 Å². The molecule has 1 N–H and O–H groups in total. The number of carbonyl (C=O) groups is 2. The number of nitrogens with zero attached hydrogens (tertiary/aromatic N) is 2. The third-order valence-corrected chi connectivity index (χ3v) is 5.06. The van der Waals surface area contributed by atoms with Crippen LogP contribution in [0.2, 0.25) is 10.0 Å². The van der Waals surface area contributed by atoms with E-state index in [4.69, 9.17) is 27.9 Å². The average molecular weight is 422 g/mol. The Morgan fingerprint density at radius 2 is 1.96 bits per heavy atom. The van der Waals surface area contributed by atoms with Crippen LogP contribution < -0.4 is 5.32 Å². The summed E-state index contributed by atoms with van der Waals surface area (Å²) in [5.74, 6) is -0.423. The maximum absolute atomic E-state index is 12.5. The van der Waals surface area contributed by atoms with Gasteiger partial charge in [-0.2, -0.15) is 0 Å². The first-order valence-corrected chi connectivity index (χ1v) is 9.75. The lowest BCUT2D eigenvalue weighted by Crippen LogP contribution is -2.36. The van der Waals surface area contributed by atoms with Crippen molar-refractivity contribution in [1.82, 2.24) is 15.2 Å². The van der Waals surface area contributed by atoms with Gasteiger partial charge in [0.2, 0.25) is 11.8 Å². The summed E-state index contributed by atoms with van der Waals surface area (Å²) in [6.45, 7) is 0.502. The van der Waals surface area contributed by atoms with Crippen LogP contribution in [0.25, 0.3) is 0 Å². The van der Waals surface area contributed by atoms with E-state index in [0.717, 1.165) is 24.0 Å². The van der Waals surface area contributed by atoms with Gasteiger partial charge in [0.25, 0.3) is 0 Å². The predicted octanol–water partition coefficient (Wildman–Crippen LogP) is 3.21. The van der Waals surface area contributed by atoms with E-state index in [-0.39, 0.29) is 31.1 Å². The highest BCUT2D eigenvalue weighted by Gasteiger charge is 2.32. The molecule has 148 valence electrons. The smallest absolute Gasteiger partial charge is 0.249 e. The van der Waals surface area contributed by atoms with E-state index in [0.29, 0.717) is 23.1 Å². The molecule has 2 aromatic rings. The van der Waals surface area contributed by atoms with Gasteiger partial charge < -0.3 is 15.0 Å². The molecule has 0 radical (unpaired) electrons. The van der Waals surface area contributed by atoms with Gasteiger partial charge in [-0.15, -0.1) is 0 Å². The highest BCUT2D eigenvalue weighted by Crippen LogP contribution is 2.30. The number of hydrogen-bond acceptors (Lipinski definition) is 4. The number of nitrogens with one attached hydrogen (secondary N) is 1. The summed E-state index contributed by atoms with van der Waals surface area (Å²) in [5.41, 5.74) is 1.80. The van der Waals surface area contributed by atoms with Gasteiger partial charge in [-0.1, -0.05) is 35.3 Å². The van der Waals surface area contributed by atoms with Crippen molar-refractivity contribution < 1.29 is 14.3 Å². The number of aromatic nitrogens is 1. The second kappa shape index (κ2) is 9.87. The molecule has 0 saturated heterocycles. The first kappa shape index (κ1) is 20.6. The summed E-state index contributed by atoms with van der Waals surface area (Å²) >= 11 is 12.0. The normalized spacial score (nSPS) is 13.2. The van der Waals surface area contributed by atoms with E-state index in [1.54, 1.807) is 35.5 Å². The summed E-state index contributed by atoms with van der Waals surface area (Å²) in [6, 6.07) is 9.22. The molecule has 0 bridgehead atoms. The van der Waals surface area contributed by atoms with E-state index < -0.39 is 0 Å². The Kier molecular flexibility index (Phi) is 7.25. The van der Waals surface area contributed by atoms with Crippen molar-refractivity contribution in [1.29, 1.82) is 0 Å². The molecule has 0 unspecified atom stereocenters. The summed E-state index contributed by atoms with van der Waals surface area (Å²) in [7, 11) is 0. The molecular weight excluding hydrogens is 401 g/mol. The second-order valence-corrected chi connectivity index (χ2v) is 7.45. The number of pyridine rings is 1. The Labute approximate surface area is 173 Å². The largest absolute Gasteiger partial charge is 0.362 e. The zero-order chi connectivity index (χ0) is 19.9. The third kappa shape index (κ3) is 6.19. The molecule has 8 heteroatoms. The highest BCUT2D eigenvalue weighted by molar-refractivity contribution is 6.42. The van der Waals surface area contributed by atoms with Gasteiger partial charge in [-0.05, 0) is 42.2 Å². The predicted molar refractivity (Wildman–Crippen MR) is 107 cm³/mol. The molecule has 1 aromatic carbocycles. The van der Waals surface area contributed by atoms with Crippen LogP contribution in [-0.2, 0) is 27.4 Å². The molecule has 1 fully saturated rings. The second-order valence-electron chi connectivity index (χ2n) is 6.63. The van der Waals surface area contributed by atoms with Crippen molar-refractivity contribution in [3.63, 3.8) is 0 Å². The van der Waals surface area contributed by atoms with Crippen molar-refractivity contribution in [2.75, 3.05) is 13.2 Å². The van der Waals surface area contributed by atoms with Crippen LogP contribution in [0.1, 0.15) is 24.0 Å². The van der Waals surface area contributed by atoms with Gasteiger partial charge in [0.15, 0.2) is 0 Å². The van der Waals surface area contributed by atoms with Crippen molar-refractivity contribution in [3.8, 4) is 0 Å². The van der Waals surface area contributed by atoms with Crippen LogP contribution in [0.15, 0.2) is 42.7 Å². The molecule has 1 saturated carbocycles. The summed E-state index contributed by atoms with van der Waals surface area (Å²) in [6.07, 6.45) is 5.29. The molecular formula is C20H21Cl2N3O3. The van der Waals surface area contributed by atoms with Crippen LogP contribution in [0, 0.1) is 0 Å². The molecule has 2 amide bonds. The third-order valence-electron chi connectivity index (χ3n) is 4.32. The monoisotopic (exact) mass is 421 g/mol. The Morgan fingerprint density at radius 3 is 2.64 bits per heavy atom. The van der Waals surface area contributed by atoms with Crippen LogP contribution >= 0.6 is 23.2 Å². The van der Waals surface area contributed by atoms with E-state index in [1.807, 2.05) is 12.1 Å². The number of carbonyl (C=O) groups excluding carboxylic acids is 2. The van der Waals surface area contributed by atoms with Crippen molar-refractivity contribution in [2.24, 2.45) is 0 Å². The van der Waals surface area contributed by atoms with Gasteiger partial charge >= 0.3 is 0 Å². The number of rotatable bonds is 9. The fraction of sp³-hybridized carbons (Fsp3) is 0.350. The Hall–Kier alpha value is -2.15. The minimum Gasteiger partial charge on any atom is -0.362 e. The van der Waals surface area contributed by atoms with E-state index in [2.05, 4.69) is 10.3 Å². The molecule has 0 aliphatic heterocycles. The molecule has 3 rings (SSSR count). The molecule has 0 spiro atoms. The zero-order valence-electron chi connectivity index (χ0n) is 15.2. The fourth-order valence-corrected chi connectivity index (χ4v) is 3.03. The molecule has 1 heterocycles. The van der Waals surface area contributed by atoms with Crippen molar-refractivity contribution in [2.45, 2.75) is 32.0 Å². The quantitative estimate of drug-likeness (QED) is 0.674. The minimum absolute atomic E-state index is 0.141. The molecule has 1 aliphatic rings. The highest BCUT2D eigenvalue weighted by atomic mass is 35.5. The summed E-state index contributed by atoms with van der Waals surface area (Å²) in [4.78, 5) is 30.2. The zero-order valence-corrected chi connectivity index (χ0v) is 16.7. The maximum atomic E-state index is 12.5. The lowest BCUT2D eigenvalue weighted by Gasteiger charge is -2.22. The molecule has 1 aliphatic carbocycles. The van der Waals surface area contributed by atoms with E-state index in [1.165, 1.54) is 0 Å². The van der Waals surface area contributed by atoms with Crippen molar-refractivity contribution in [3.05, 3.63) is 63.9 Å². The van der Waals surface area contributed by atoms with E-state index >= 15 is 0 Å². The fourth-order valence-electron chi connectivity index (χ4n) is 2.71. The number of hydrogen-bond donors (Lipinski definition) is 1. The lowest BCUT2D eigenvalue weighted by molar-refractivity contribution is -0.139. The SMILES string of the molecule is O=C(COCC(=O)N(Cc1ccc(Cl)c(Cl)c1)C1CC1)NCc1cccnc1. The van der Waals surface area contributed by atoms with Crippen LogP contribution in [0.3, 0.4) is 0 Å². The minimum atomic E-state index is -0.279. The standard InChI is InChI=1S/C20H21Cl2N3O3/c21-17-6-3-14(8-18(17)22)11-25(16-4-5-16)20(27)13-28-12-19(26)24-10-15-2-1-7-23-9-15/h1-3,6-9,16H,4-5,10-13H2,(H,24,26). The summed E-state index contributed by atoms with van der Waals surface area (Å²) < 4.78 is 5.32. The van der Waals surface area contributed by atoms with Crippen LogP contribution in [0.4, 0.5) is 0 Å². The number of ether oxygens (including phenoxy) is 1. The first-order chi connectivity index (χ1) is 13.5. The van der Waals surface area contributed by atoms with Gasteiger partial charge in [-0.3, -0.25) is 14.6 Å². The number of halogens is 2. The topological polar surface area (TPSA) is 71.5 Å². The van der Waals surface area contributed by atoms with Gasteiger partial charge in [0, 0.05) is 31.5 Å². The van der Waals surface area contributed by atoms with Gasteiger partial charge in [0.05, 0.1) is 10.0 Å². The van der Waals surface area contributed by atoms with E-state index in [9.17, 15) is 9.59 Å².